The molecule has 0 atom stereocenters. The second kappa shape index (κ2) is 10.2. The zero-order valence-electron chi connectivity index (χ0n) is 13.6. The Bertz CT molecular complexity index is 472. The van der Waals surface area contributed by atoms with Gasteiger partial charge in [0, 0.05) is 5.56 Å². The van der Waals surface area contributed by atoms with Gasteiger partial charge in [-0.2, -0.15) is 0 Å². The lowest BCUT2D eigenvalue weighted by Crippen LogP contribution is -1.91. The van der Waals surface area contributed by atoms with Crippen molar-refractivity contribution in [3.8, 4) is 11.1 Å². The maximum atomic E-state index is 13.9. The van der Waals surface area contributed by atoms with Crippen LogP contribution in [-0.2, 0) is 0 Å². The largest absolute Gasteiger partial charge is 0.206 e. The molecule has 0 heterocycles. The zero-order valence-corrected chi connectivity index (χ0v) is 13.6. The predicted molar refractivity (Wildman–Crippen MR) is 88.6 cm³/mol. The number of hydrogen-bond acceptors (Lipinski definition) is 0. The Kier molecular flexibility index (Phi) is 9.36. The van der Waals surface area contributed by atoms with E-state index in [0.29, 0.717) is 11.5 Å². The Morgan fingerprint density at radius 2 is 1.35 bits per heavy atom. The molecule has 0 aromatic heterocycles. The average Bonchev–Trinajstić information content (AvgIpc) is 2.52. The molecule has 0 saturated heterocycles. The lowest BCUT2D eigenvalue weighted by Gasteiger charge is -2.08. The van der Waals surface area contributed by atoms with Crippen LogP contribution in [0.2, 0.25) is 0 Å². The van der Waals surface area contributed by atoms with Gasteiger partial charge < -0.3 is 0 Å². The van der Waals surface area contributed by atoms with E-state index in [4.69, 9.17) is 0 Å². The summed E-state index contributed by atoms with van der Waals surface area (Å²) in [5, 5.41) is 0. The van der Waals surface area contributed by atoms with Crippen LogP contribution < -0.4 is 0 Å². The third-order valence-electron chi connectivity index (χ3n) is 2.74. The molecule has 0 bridgehead atoms. The lowest BCUT2D eigenvalue weighted by molar-refractivity contribution is 0.627. The smallest absolute Gasteiger partial charge is 0.131 e. The minimum Gasteiger partial charge on any atom is -0.206 e. The molecule has 0 fully saturated rings. The van der Waals surface area contributed by atoms with Crippen molar-refractivity contribution >= 4 is 0 Å². The third-order valence-corrected chi connectivity index (χ3v) is 2.74. The number of hydrogen-bond donors (Lipinski definition) is 0. The fourth-order valence-electron chi connectivity index (χ4n) is 1.74. The van der Waals surface area contributed by atoms with Gasteiger partial charge in [0.25, 0.3) is 0 Å². The molecule has 0 nitrogen and oxygen atoms in total. The zero-order chi connectivity index (χ0) is 15.5. The highest BCUT2D eigenvalue weighted by Crippen LogP contribution is 2.25. The fourth-order valence-corrected chi connectivity index (χ4v) is 1.74. The molecule has 0 unspecified atom stereocenters. The highest BCUT2D eigenvalue weighted by molar-refractivity contribution is 5.64. The molecule has 2 rings (SSSR count). The summed E-state index contributed by atoms with van der Waals surface area (Å²) in [6.45, 7) is 12.1. The summed E-state index contributed by atoms with van der Waals surface area (Å²) >= 11 is 0. The van der Waals surface area contributed by atoms with Gasteiger partial charge in [0.05, 0.1) is 0 Å². The van der Waals surface area contributed by atoms with E-state index in [1.807, 2.05) is 70.2 Å². The van der Waals surface area contributed by atoms with Gasteiger partial charge in [0.1, 0.15) is 5.82 Å². The number of halogens is 1. The van der Waals surface area contributed by atoms with E-state index >= 15 is 0 Å². The van der Waals surface area contributed by atoms with Gasteiger partial charge in [-0.25, -0.2) is 4.39 Å². The Labute approximate surface area is 123 Å². The molecule has 0 radical (unpaired) electrons. The molecular weight excluding hydrogens is 247 g/mol. The van der Waals surface area contributed by atoms with Gasteiger partial charge in [0.15, 0.2) is 0 Å². The summed E-state index contributed by atoms with van der Waals surface area (Å²) in [4.78, 5) is 0. The normalized spacial score (nSPS) is 9.20. The number of benzene rings is 2. The summed E-state index contributed by atoms with van der Waals surface area (Å²) in [5.74, 6) is 0.219. The SMILES string of the molecule is CC.CC.CC(C)c1ccc(-c2ccccc2)c(F)c1. The van der Waals surface area contributed by atoms with Gasteiger partial charge in [-0.15, -0.1) is 0 Å². The topological polar surface area (TPSA) is 0 Å². The Balaban J connectivity index is 0.000000829. The molecule has 2 aromatic rings. The van der Waals surface area contributed by atoms with Crippen LogP contribution in [0.4, 0.5) is 4.39 Å². The molecule has 110 valence electrons. The van der Waals surface area contributed by atoms with Crippen molar-refractivity contribution in [1.82, 2.24) is 0 Å². The van der Waals surface area contributed by atoms with Crippen molar-refractivity contribution in [2.75, 3.05) is 0 Å². The highest BCUT2D eigenvalue weighted by atomic mass is 19.1. The fraction of sp³-hybridized carbons (Fsp3) is 0.368. The first kappa shape index (κ1) is 18.4. The van der Waals surface area contributed by atoms with Gasteiger partial charge in [-0.1, -0.05) is 84.0 Å². The van der Waals surface area contributed by atoms with Crippen molar-refractivity contribution in [3.05, 3.63) is 59.9 Å². The van der Waals surface area contributed by atoms with Crippen LogP contribution in [0.15, 0.2) is 48.5 Å². The van der Waals surface area contributed by atoms with Gasteiger partial charge in [0.2, 0.25) is 0 Å². The molecule has 0 aliphatic rings. The van der Waals surface area contributed by atoms with E-state index in [1.165, 1.54) is 0 Å². The maximum Gasteiger partial charge on any atom is 0.131 e. The van der Waals surface area contributed by atoms with Crippen LogP contribution in [0.1, 0.15) is 53.0 Å². The third kappa shape index (κ3) is 5.16. The molecule has 0 aliphatic carbocycles. The Morgan fingerprint density at radius 3 is 1.80 bits per heavy atom. The molecule has 1 heteroatoms. The quantitative estimate of drug-likeness (QED) is 0.573. The van der Waals surface area contributed by atoms with Gasteiger partial charge in [-0.3, -0.25) is 0 Å². The van der Waals surface area contributed by atoms with Gasteiger partial charge in [-0.05, 0) is 23.1 Å². The van der Waals surface area contributed by atoms with Crippen LogP contribution in [0.25, 0.3) is 11.1 Å². The molecule has 2 aromatic carbocycles. The van der Waals surface area contributed by atoms with Crippen LogP contribution in [0.5, 0.6) is 0 Å². The summed E-state index contributed by atoms with van der Waals surface area (Å²) in [7, 11) is 0. The van der Waals surface area contributed by atoms with Gasteiger partial charge >= 0.3 is 0 Å². The van der Waals surface area contributed by atoms with Crippen LogP contribution in [-0.4, -0.2) is 0 Å². The van der Waals surface area contributed by atoms with E-state index in [2.05, 4.69) is 13.8 Å². The van der Waals surface area contributed by atoms with Crippen molar-refractivity contribution < 1.29 is 4.39 Å². The number of rotatable bonds is 2. The van der Waals surface area contributed by atoms with E-state index in [1.54, 1.807) is 6.07 Å². The monoisotopic (exact) mass is 274 g/mol. The van der Waals surface area contributed by atoms with E-state index in [9.17, 15) is 4.39 Å². The Morgan fingerprint density at radius 1 is 0.800 bits per heavy atom. The second-order valence-electron chi connectivity index (χ2n) is 4.26. The first-order valence-corrected chi connectivity index (χ1v) is 7.53. The molecule has 0 spiro atoms. The molecule has 0 N–H and O–H groups in total. The standard InChI is InChI=1S/C15H15F.2C2H6/c1-11(2)13-8-9-14(15(16)10-13)12-6-4-3-5-7-12;2*1-2/h3-11H,1-2H3;2*1-2H3. The highest BCUT2D eigenvalue weighted by Gasteiger charge is 2.07. The summed E-state index contributed by atoms with van der Waals surface area (Å²) in [5.41, 5.74) is 2.64. The molecule has 0 aliphatic heterocycles. The van der Waals surface area contributed by atoms with Crippen molar-refractivity contribution in [1.29, 1.82) is 0 Å². The van der Waals surface area contributed by atoms with E-state index < -0.39 is 0 Å². The van der Waals surface area contributed by atoms with Crippen LogP contribution >= 0.6 is 0 Å². The maximum absolute atomic E-state index is 13.9. The summed E-state index contributed by atoms with van der Waals surface area (Å²) in [6, 6.07) is 15.1. The second-order valence-corrected chi connectivity index (χ2v) is 4.26. The van der Waals surface area contributed by atoms with Crippen molar-refractivity contribution in [3.63, 3.8) is 0 Å². The predicted octanol–water partition coefficient (Wildman–Crippen LogP) is 6.67. The first-order chi connectivity index (χ1) is 9.68. The van der Waals surface area contributed by atoms with Crippen LogP contribution in [0, 0.1) is 5.82 Å². The minimum absolute atomic E-state index is 0.141. The first-order valence-electron chi connectivity index (χ1n) is 7.53. The molecule has 20 heavy (non-hydrogen) atoms. The van der Waals surface area contributed by atoms with Crippen LogP contribution in [0.3, 0.4) is 0 Å². The lowest BCUT2D eigenvalue weighted by atomic mass is 9.98. The summed E-state index contributed by atoms with van der Waals surface area (Å²) in [6.07, 6.45) is 0. The van der Waals surface area contributed by atoms with E-state index in [0.717, 1.165) is 11.1 Å². The van der Waals surface area contributed by atoms with Crippen molar-refractivity contribution in [2.24, 2.45) is 0 Å². The molecule has 0 amide bonds. The average molecular weight is 274 g/mol. The minimum atomic E-state index is -0.141. The van der Waals surface area contributed by atoms with Crippen molar-refractivity contribution in [2.45, 2.75) is 47.5 Å². The Hall–Kier alpha value is -1.63. The molecule has 0 saturated carbocycles. The van der Waals surface area contributed by atoms with E-state index in [-0.39, 0.29) is 5.82 Å². The molecular formula is C19H27F. The summed E-state index contributed by atoms with van der Waals surface area (Å²) < 4.78 is 13.9.